The number of furan rings is 3. The van der Waals surface area contributed by atoms with Crippen molar-refractivity contribution in [2.24, 2.45) is 0 Å². The van der Waals surface area contributed by atoms with Crippen LogP contribution in [-0.2, 0) is 0 Å². The predicted octanol–water partition coefficient (Wildman–Crippen LogP) is 13.8. The smallest absolute Gasteiger partial charge is 0.161 e. The fourth-order valence-electron chi connectivity index (χ4n) is 8.83. The van der Waals surface area contributed by atoms with Gasteiger partial charge in [-0.3, -0.25) is 29.9 Å². The van der Waals surface area contributed by atoms with Crippen LogP contribution >= 0.6 is 0 Å². The molecular formula is C54H30N6O3. The van der Waals surface area contributed by atoms with E-state index in [-0.39, 0.29) is 0 Å². The molecule has 0 atom stereocenters. The normalized spacial score (nSPS) is 11.8. The topological polar surface area (TPSA) is 117 Å². The van der Waals surface area contributed by atoms with Crippen LogP contribution in [0.1, 0.15) is 0 Å². The first kappa shape index (κ1) is 35.0. The van der Waals surface area contributed by atoms with Crippen LogP contribution in [0.4, 0.5) is 0 Å². The summed E-state index contributed by atoms with van der Waals surface area (Å²) in [5.74, 6) is 0. The second-order valence-corrected chi connectivity index (χ2v) is 15.5. The van der Waals surface area contributed by atoms with Crippen LogP contribution in [0.2, 0.25) is 0 Å². The molecule has 294 valence electrons. The van der Waals surface area contributed by atoms with E-state index < -0.39 is 0 Å². The largest absolute Gasteiger partial charge is 0.454 e. The Morgan fingerprint density at radius 2 is 0.603 bits per heavy atom. The van der Waals surface area contributed by atoms with Crippen molar-refractivity contribution in [1.82, 2.24) is 29.9 Å². The molecule has 0 saturated heterocycles. The zero-order chi connectivity index (χ0) is 41.4. The third-order valence-corrected chi connectivity index (χ3v) is 11.8. The fourth-order valence-corrected chi connectivity index (χ4v) is 8.83. The Labute approximate surface area is 358 Å². The summed E-state index contributed by atoms with van der Waals surface area (Å²) in [5, 5.41) is 2.74. The summed E-state index contributed by atoms with van der Waals surface area (Å²) in [6.07, 6.45) is 10.9. The van der Waals surface area contributed by atoms with Gasteiger partial charge in [-0.2, -0.15) is 0 Å². The molecule has 9 heteroatoms. The first-order valence-electron chi connectivity index (χ1n) is 20.5. The summed E-state index contributed by atoms with van der Waals surface area (Å²) in [5.41, 5.74) is 17.7. The molecule has 0 aliphatic heterocycles. The van der Waals surface area contributed by atoms with Crippen LogP contribution in [-0.4, -0.2) is 29.9 Å². The minimum absolute atomic E-state index is 0.685. The molecule has 13 aromatic rings. The highest BCUT2D eigenvalue weighted by Crippen LogP contribution is 2.44. The van der Waals surface area contributed by atoms with Gasteiger partial charge < -0.3 is 13.3 Å². The minimum atomic E-state index is 0.685. The van der Waals surface area contributed by atoms with Gasteiger partial charge in [0.15, 0.2) is 16.7 Å². The number of rotatable bonds is 6. The lowest BCUT2D eigenvalue weighted by Crippen LogP contribution is -1.89. The van der Waals surface area contributed by atoms with Crippen molar-refractivity contribution in [3.05, 3.63) is 183 Å². The van der Waals surface area contributed by atoms with Gasteiger partial charge in [-0.25, -0.2) is 0 Å². The summed E-state index contributed by atoms with van der Waals surface area (Å²) < 4.78 is 20.1. The molecule has 0 unspecified atom stereocenters. The lowest BCUT2D eigenvalue weighted by atomic mass is 9.93. The Kier molecular flexibility index (Phi) is 7.70. The second-order valence-electron chi connectivity index (χ2n) is 15.5. The molecule has 9 heterocycles. The van der Waals surface area contributed by atoms with Gasteiger partial charge in [-0.15, -0.1) is 0 Å². The minimum Gasteiger partial charge on any atom is -0.454 e. The first-order valence-corrected chi connectivity index (χ1v) is 20.5. The van der Waals surface area contributed by atoms with Crippen molar-refractivity contribution in [2.75, 3.05) is 0 Å². The number of benzene rings is 4. The van der Waals surface area contributed by atoms with E-state index in [1.54, 1.807) is 18.6 Å². The van der Waals surface area contributed by atoms with E-state index in [0.717, 1.165) is 117 Å². The van der Waals surface area contributed by atoms with Crippen molar-refractivity contribution in [2.45, 2.75) is 0 Å². The van der Waals surface area contributed by atoms with Gasteiger partial charge in [0.25, 0.3) is 0 Å². The van der Waals surface area contributed by atoms with Crippen LogP contribution in [0.25, 0.3) is 133 Å². The van der Waals surface area contributed by atoms with Crippen LogP contribution in [0.15, 0.2) is 196 Å². The summed E-state index contributed by atoms with van der Waals surface area (Å²) in [7, 11) is 0. The van der Waals surface area contributed by atoms with Crippen molar-refractivity contribution < 1.29 is 13.3 Å². The molecule has 0 saturated carbocycles. The molecule has 0 fully saturated rings. The summed E-state index contributed by atoms with van der Waals surface area (Å²) in [4.78, 5) is 28.4. The third kappa shape index (κ3) is 5.71. The Balaban J connectivity index is 1.03. The van der Waals surface area contributed by atoms with E-state index in [1.807, 2.05) is 128 Å². The second kappa shape index (κ2) is 13.9. The lowest BCUT2D eigenvalue weighted by molar-refractivity contribution is 0.669. The number of hydrogen-bond donors (Lipinski definition) is 0. The van der Waals surface area contributed by atoms with Gasteiger partial charge in [0, 0.05) is 86.7 Å². The van der Waals surface area contributed by atoms with Gasteiger partial charge in [0.2, 0.25) is 0 Å². The number of pyridine rings is 6. The van der Waals surface area contributed by atoms with Crippen LogP contribution < -0.4 is 0 Å². The van der Waals surface area contributed by atoms with Crippen LogP contribution in [0, 0.1) is 0 Å². The molecule has 0 radical (unpaired) electrons. The highest BCUT2D eigenvalue weighted by molar-refractivity contribution is 6.12. The van der Waals surface area contributed by atoms with Crippen molar-refractivity contribution in [1.29, 1.82) is 0 Å². The van der Waals surface area contributed by atoms with E-state index in [1.165, 1.54) is 0 Å². The zero-order valence-corrected chi connectivity index (χ0v) is 33.2. The molecule has 9 nitrogen and oxygen atoms in total. The molecule has 63 heavy (non-hydrogen) atoms. The van der Waals surface area contributed by atoms with Crippen molar-refractivity contribution in [3.8, 4) is 67.2 Å². The fraction of sp³-hybridized carbons (Fsp3) is 0. The number of nitrogens with zero attached hydrogens (tertiary/aromatic N) is 6. The van der Waals surface area contributed by atoms with E-state index in [9.17, 15) is 0 Å². The average Bonchev–Trinajstić information content (AvgIpc) is 4.05. The maximum Gasteiger partial charge on any atom is 0.161 e. The molecule has 4 aromatic carbocycles. The van der Waals surface area contributed by atoms with Crippen molar-refractivity contribution in [3.63, 3.8) is 0 Å². The molecule has 0 spiro atoms. The standard InChI is InChI=1S/C54H30N6O3/c1-4-19-55-43(7-1)31-10-13-46-40(28-31)49-52(61-46)37(16-22-58-49)34-25-35(38-17-23-59-50-41-29-32(44-8-2-5-20-56-44)11-14-47(41)62-53(38)50)27-36(26-34)39-18-24-60-51-42-30-33(45-9-3-6-21-57-45)12-15-48(42)63-54(39)51/h1-30H. The van der Waals surface area contributed by atoms with E-state index >= 15 is 0 Å². The van der Waals surface area contributed by atoms with Gasteiger partial charge in [-0.1, -0.05) is 18.2 Å². The van der Waals surface area contributed by atoms with Gasteiger partial charge in [0.1, 0.15) is 33.3 Å². The van der Waals surface area contributed by atoms with Gasteiger partial charge in [0.05, 0.1) is 17.1 Å². The SMILES string of the molecule is c1ccc(-c2ccc3oc4c(-c5cc(-c6ccnc7c6oc6ccc(-c8ccccn8)cc67)cc(-c6ccnc7c6oc6ccc(-c8ccccn8)cc67)c5)ccnc4c3c2)nc1. The Morgan fingerprint density at radius 3 is 0.905 bits per heavy atom. The van der Waals surface area contributed by atoms with E-state index in [0.29, 0.717) is 16.7 Å². The third-order valence-electron chi connectivity index (χ3n) is 11.8. The molecule has 0 aliphatic rings. The zero-order valence-electron chi connectivity index (χ0n) is 33.2. The average molecular weight is 811 g/mol. The Bertz CT molecular complexity index is 3500. The molecule has 0 bridgehead atoms. The summed E-state index contributed by atoms with van der Waals surface area (Å²) in [6, 6.07) is 48.7. The summed E-state index contributed by atoms with van der Waals surface area (Å²) >= 11 is 0. The van der Waals surface area contributed by atoms with E-state index in [2.05, 4.69) is 51.4 Å². The van der Waals surface area contributed by atoms with Gasteiger partial charge >= 0.3 is 0 Å². The number of hydrogen-bond acceptors (Lipinski definition) is 9. The van der Waals surface area contributed by atoms with Crippen molar-refractivity contribution >= 4 is 66.2 Å². The summed E-state index contributed by atoms with van der Waals surface area (Å²) in [6.45, 7) is 0. The van der Waals surface area contributed by atoms with Gasteiger partial charge in [-0.05, 0) is 144 Å². The maximum absolute atomic E-state index is 6.69. The monoisotopic (exact) mass is 810 g/mol. The van der Waals surface area contributed by atoms with Crippen LogP contribution in [0.3, 0.4) is 0 Å². The lowest BCUT2D eigenvalue weighted by Gasteiger charge is -2.12. The molecule has 0 aliphatic carbocycles. The quantitative estimate of drug-likeness (QED) is 0.162. The molecular weight excluding hydrogens is 781 g/mol. The van der Waals surface area contributed by atoms with E-state index in [4.69, 9.17) is 28.2 Å². The molecule has 9 aromatic heterocycles. The first-order chi connectivity index (χ1) is 31.2. The maximum atomic E-state index is 6.69. The van der Waals surface area contributed by atoms with Crippen LogP contribution in [0.5, 0.6) is 0 Å². The number of aromatic nitrogens is 6. The highest BCUT2D eigenvalue weighted by atomic mass is 16.3. The predicted molar refractivity (Wildman–Crippen MR) is 248 cm³/mol. The number of fused-ring (bicyclic) bond motifs is 9. The highest BCUT2D eigenvalue weighted by Gasteiger charge is 2.21. The molecule has 13 rings (SSSR count). The Hall–Kier alpha value is -8.82. The molecule has 0 amide bonds. The molecule has 0 N–H and O–H groups in total. The Morgan fingerprint density at radius 1 is 0.270 bits per heavy atom.